The van der Waals surface area contributed by atoms with Gasteiger partial charge in [-0.3, -0.25) is 14.5 Å². The summed E-state index contributed by atoms with van der Waals surface area (Å²) in [5.74, 6) is -1.80. The smallest absolute Gasteiger partial charge is 0.327 e. The second-order valence-corrected chi connectivity index (χ2v) is 7.61. The molecule has 2 heterocycles. The molecule has 1 aromatic carbocycles. The van der Waals surface area contributed by atoms with Crippen LogP contribution in [0.4, 0.5) is 0 Å². The van der Waals surface area contributed by atoms with Gasteiger partial charge in [-0.2, -0.15) is 0 Å². The molecule has 0 saturated carbocycles. The number of amides is 1. The number of thiocarbonyl (C=S) groups is 1. The first kappa shape index (κ1) is 20.6. The van der Waals surface area contributed by atoms with E-state index in [2.05, 4.69) is 0 Å². The monoisotopic (exact) mass is 433 g/mol. The van der Waals surface area contributed by atoms with Crippen molar-refractivity contribution in [3.63, 3.8) is 0 Å². The third-order valence-corrected chi connectivity index (χ3v) is 5.39. The second kappa shape index (κ2) is 8.50. The Morgan fingerprint density at radius 3 is 2.52 bits per heavy atom. The number of carboxylic acids is 2. The number of hydrogen-bond acceptors (Lipinski definition) is 7. The number of ether oxygens (including phenoxy) is 1. The van der Waals surface area contributed by atoms with Crippen LogP contribution in [-0.2, 0) is 14.4 Å². The molecule has 150 valence electrons. The van der Waals surface area contributed by atoms with Crippen molar-refractivity contribution in [1.29, 1.82) is 0 Å². The summed E-state index contributed by atoms with van der Waals surface area (Å²) >= 11 is 5.99. The van der Waals surface area contributed by atoms with Crippen molar-refractivity contribution in [1.82, 2.24) is 4.90 Å². The Morgan fingerprint density at radius 2 is 1.93 bits per heavy atom. The summed E-state index contributed by atoms with van der Waals surface area (Å²) in [7, 11) is 1.57. The lowest BCUT2D eigenvalue weighted by atomic mass is 10.2. The molecule has 1 fully saturated rings. The third-order valence-electron chi connectivity index (χ3n) is 4.06. The van der Waals surface area contributed by atoms with E-state index >= 15 is 0 Å². The standard InChI is InChI=1S/C19H15NO7S2/c1-26-11-4-2-10(3-5-11)14-7-6-12(27-14)8-15-17(23)20(19(28)29-15)13(18(24)25)9-16(21)22/h2-8,13H,9H2,1H3,(H,21,22)(H,24,25). The van der Waals surface area contributed by atoms with E-state index in [9.17, 15) is 19.5 Å². The second-order valence-electron chi connectivity index (χ2n) is 5.93. The van der Waals surface area contributed by atoms with Gasteiger partial charge in [0.15, 0.2) is 0 Å². The van der Waals surface area contributed by atoms with Crippen molar-refractivity contribution in [2.45, 2.75) is 12.5 Å². The Labute approximate surface area is 174 Å². The molecule has 0 bridgehead atoms. The highest BCUT2D eigenvalue weighted by molar-refractivity contribution is 8.26. The van der Waals surface area contributed by atoms with Crippen LogP contribution in [0.25, 0.3) is 17.4 Å². The molecular weight excluding hydrogens is 418 g/mol. The molecule has 1 aliphatic heterocycles. The van der Waals surface area contributed by atoms with Crippen LogP contribution in [-0.4, -0.2) is 50.4 Å². The topological polar surface area (TPSA) is 117 Å². The van der Waals surface area contributed by atoms with Crippen LogP contribution >= 0.6 is 24.0 Å². The lowest BCUT2D eigenvalue weighted by molar-refractivity contribution is -0.150. The van der Waals surface area contributed by atoms with Crippen molar-refractivity contribution >= 4 is 52.2 Å². The zero-order valence-corrected chi connectivity index (χ0v) is 16.7. The molecule has 0 spiro atoms. The Balaban J connectivity index is 1.83. The van der Waals surface area contributed by atoms with Gasteiger partial charge in [-0.15, -0.1) is 0 Å². The fourth-order valence-corrected chi connectivity index (χ4v) is 4.01. The van der Waals surface area contributed by atoms with Crippen LogP contribution in [0.15, 0.2) is 45.7 Å². The minimum Gasteiger partial charge on any atom is -0.497 e. The minimum absolute atomic E-state index is 0.0168. The van der Waals surface area contributed by atoms with Crippen LogP contribution in [0.1, 0.15) is 12.2 Å². The molecule has 1 unspecified atom stereocenters. The number of methoxy groups -OCH3 is 1. The third kappa shape index (κ3) is 4.49. The van der Waals surface area contributed by atoms with E-state index in [4.69, 9.17) is 26.5 Å². The summed E-state index contributed by atoms with van der Waals surface area (Å²) in [6, 6.07) is 9.05. The van der Waals surface area contributed by atoms with Crippen molar-refractivity contribution in [3.8, 4) is 17.1 Å². The molecule has 3 rings (SSSR count). The van der Waals surface area contributed by atoms with E-state index < -0.39 is 30.3 Å². The van der Waals surface area contributed by atoms with Gasteiger partial charge >= 0.3 is 11.9 Å². The molecular formula is C19H15NO7S2. The number of carboxylic acid groups (broad SMARTS) is 2. The number of nitrogens with zero attached hydrogens (tertiary/aromatic N) is 1. The molecule has 8 nitrogen and oxygen atoms in total. The van der Waals surface area contributed by atoms with Gasteiger partial charge in [-0.25, -0.2) is 4.79 Å². The van der Waals surface area contributed by atoms with Crippen molar-refractivity contribution in [2.24, 2.45) is 0 Å². The lowest BCUT2D eigenvalue weighted by Gasteiger charge is -2.21. The molecule has 1 aliphatic rings. The van der Waals surface area contributed by atoms with Gasteiger partial charge < -0.3 is 19.4 Å². The van der Waals surface area contributed by atoms with Gasteiger partial charge in [0.2, 0.25) is 0 Å². The summed E-state index contributed by atoms with van der Waals surface area (Å²) < 4.78 is 10.8. The first-order valence-electron chi connectivity index (χ1n) is 8.26. The van der Waals surface area contributed by atoms with Crippen LogP contribution in [0, 0.1) is 0 Å². The van der Waals surface area contributed by atoms with Gasteiger partial charge in [0.1, 0.15) is 27.6 Å². The lowest BCUT2D eigenvalue weighted by Crippen LogP contribution is -2.45. The van der Waals surface area contributed by atoms with Crippen LogP contribution < -0.4 is 4.74 Å². The summed E-state index contributed by atoms with van der Waals surface area (Å²) in [5, 5.41) is 18.2. The number of rotatable bonds is 7. The first-order valence-corrected chi connectivity index (χ1v) is 9.48. The van der Waals surface area contributed by atoms with Crippen LogP contribution in [0.2, 0.25) is 0 Å². The maximum absolute atomic E-state index is 12.6. The average Bonchev–Trinajstić information content (AvgIpc) is 3.25. The fourth-order valence-electron chi connectivity index (χ4n) is 2.67. The minimum atomic E-state index is -1.57. The van der Waals surface area contributed by atoms with E-state index in [1.165, 1.54) is 6.08 Å². The van der Waals surface area contributed by atoms with Crippen LogP contribution in [0.5, 0.6) is 5.75 Å². The summed E-state index contributed by atoms with van der Waals surface area (Å²) in [6.45, 7) is 0. The maximum atomic E-state index is 12.6. The Morgan fingerprint density at radius 1 is 1.24 bits per heavy atom. The van der Waals surface area contributed by atoms with E-state index in [1.54, 1.807) is 31.4 Å². The predicted octanol–water partition coefficient (Wildman–Crippen LogP) is 3.08. The number of furan rings is 1. The highest BCUT2D eigenvalue weighted by Crippen LogP contribution is 2.35. The van der Waals surface area contributed by atoms with E-state index in [0.29, 0.717) is 17.3 Å². The molecule has 1 saturated heterocycles. The van der Waals surface area contributed by atoms with Crippen molar-refractivity contribution in [2.75, 3.05) is 7.11 Å². The van der Waals surface area contributed by atoms with Crippen LogP contribution in [0.3, 0.4) is 0 Å². The van der Waals surface area contributed by atoms with E-state index in [0.717, 1.165) is 22.2 Å². The maximum Gasteiger partial charge on any atom is 0.327 e. The highest BCUT2D eigenvalue weighted by atomic mass is 32.2. The number of thioether (sulfide) groups is 1. The molecule has 1 atom stereocenters. The Kier molecular flexibility index (Phi) is 6.04. The molecule has 0 aliphatic carbocycles. The summed E-state index contributed by atoms with van der Waals surface area (Å²) in [4.78, 5) is 36.0. The average molecular weight is 433 g/mol. The van der Waals surface area contributed by atoms with Gasteiger partial charge in [0.05, 0.1) is 18.4 Å². The van der Waals surface area contributed by atoms with Gasteiger partial charge in [0, 0.05) is 11.6 Å². The molecule has 2 N–H and O–H groups in total. The number of carbonyl (C=O) groups excluding carboxylic acids is 1. The molecule has 1 amide bonds. The van der Waals surface area contributed by atoms with Gasteiger partial charge in [-0.05, 0) is 36.4 Å². The Hall–Kier alpha value is -3.11. The van der Waals surface area contributed by atoms with Crippen molar-refractivity contribution < 1.29 is 33.8 Å². The zero-order valence-electron chi connectivity index (χ0n) is 15.0. The Bertz CT molecular complexity index is 1010. The molecule has 10 heteroatoms. The van der Waals surface area contributed by atoms with Gasteiger partial charge in [-0.1, -0.05) is 24.0 Å². The summed E-state index contributed by atoms with van der Waals surface area (Å²) in [6.07, 6.45) is 0.698. The largest absolute Gasteiger partial charge is 0.497 e. The number of benzene rings is 1. The molecule has 0 radical (unpaired) electrons. The van der Waals surface area contributed by atoms with E-state index in [1.807, 2.05) is 12.1 Å². The number of aliphatic carboxylic acids is 2. The fraction of sp³-hybridized carbons (Fsp3) is 0.158. The number of hydrogen-bond donors (Lipinski definition) is 2. The van der Waals surface area contributed by atoms with Crippen molar-refractivity contribution in [3.05, 3.63) is 47.1 Å². The zero-order chi connectivity index (χ0) is 21.1. The first-order chi connectivity index (χ1) is 13.8. The predicted molar refractivity (Wildman–Crippen MR) is 109 cm³/mol. The normalized spacial score (nSPS) is 16.3. The molecule has 29 heavy (non-hydrogen) atoms. The SMILES string of the molecule is COc1ccc(-c2ccc(C=C3SC(=S)N(C(CC(=O)O)C(=O)O)C3=O)o2)cc1. The number of carbonyl (C=O) groups is 3. The molecule has 2 aromatic rings. The highest BCUT2D eigenvalue weighted by Gasteiger charge is 2.41. The quantitative estimate of drug-likeness (QED) is 0.502. The van der Waals surface area contributed by atoms with E-state index in [-0.39, 0.29) is 9.23 Å². The summed E-state index contributed by atoms with van der Waals surface area (Å²) in [5.41, 5.74) is 0.811. The molecule has 1 aromatic heterocycles. The van der Waals surface area contributed by atoms with Gasteiger partial charge in [0.25, 0.3) is 5.91 Å².